The van der Waals surface area contributed by atoms with E-state index in [1.165, 1.54) is 6.08 Å². The van der Waals surface area contributed by atoms with Gasteiger partial charge in [0.25, 0.3) is 0 Å². The van der Waals surface area contributed by atoms with Gasteiger partial charge in [0, 0.05) is 34.2 Å². The number of benzene rings is 2. The number of carbonyl (C=O) groups excluding carboxylic acids is 1. The van der Waals surface area contributed by atoms with E-state index in [-0.39, 0.29) is 5.91 Å². The van der Waals surface area contributed by atoms with Crippen LogP contribution in [0.2, 0.25) is 0 Å². The third kappa shape index (κ3) is 4.38. The van der Waals surface area contributed by atoms with Crippen LogP contribution in [-0.4, -0.2) is 15.9 Å². The topological polar surface area (TPSA) is 81.2 Å². The van der Waals surface area contributed by atoms with E-state index in [1.807, 2.05) is 48.5 Å². The highest BCUT2D eigenvalue weighted by Gasteiger charge is 2.10. The Balaban J connectivity index is 1.29. The fourth-order valence-corrected chi connectivity index (χ4v) is 3.56. The van der Waals surface area contributed by atoms with Crippen molar-refractivity contribution in [3.05, 3.63) is 95.4 Å². The number of carbonyl (C=O) groups is 1. The van der Waals surface area contributed by atoms with Crippen LogP contribution in [0.25, 0.3) is 40.0 Å². The van der Waals surface area contributed by atoms with Gasteiger partial charge in [0.2, 0.25) is 11.8 Å². The van der Waals surface area contributed by atoms with Gasteiger partial charge in [-0.2, -0.15) is 0 Å². The summed E-state index contributed by atoms with van der Waals surface area (Å²) in [5.74, 6) is 1.53. The monoisotopic (exact) mass is 485 g/mol. The second-order valence-corrected chi connectivity index (χ2v) is 7.90. The van der Waals surface area contributed by atoms with E-state index in [2.05, 4.69) is 31.2 Å². The third-order valence-corrected chi connectivity index (χ3v) is 5.12. The number of nitrogens with one attached hydrogen (secondary N) is 1. The van der Waals surface area contributed by atoms with Crippen LogP contribution in [0.15, 0.2) is 98.5 Å². The second kappa shape index (κ2) is 8.64. The molecule has 32 heavy (non-hydrogen) atoms. The molecule has 5 rings (SSSR count). The van der Waals surface area contributed by atoms with Gasteiger partial charge in [-0.25, -0.2) is 4.98 Å². The highest BCUT2D eigenvalue weighted by Crippen LogP contribution is 2.27. The summed E-state index contributed by atoms with van der Waals surface area (Å²) in [4.78, 5) is 21.0. The summed E-state index contributed by atoms with van der Waals surface area (Å²) in [5, 5.41) is 2.83. The summed E-state index contributed by atoms with van der Waals surface area (Å²) in [6, 6.07) is 20.7. The second-order valence-electron chi connectivity index (χ2n) is 6.98. The van der Waals surface area contributed by atoms with Crippen molar-refractivity contribution in [1.82, 2.24) is 9.97 Å². The van der Waals surface area contributed by atoms with Gasteiger partial charge in [0.1, 0.15) is 17.0 Å². The predicted octanol–water partition coefficient (Wildman–Crippen LogP) is 6.56. The van der Waals surface area contributed by atoms with Gasteiger partial charge >= 0.3 is 0 Å². The first-order valence-electron chi connectivity index (χ1n) is 9.80. The minimum atomic E-state index is -0.276. The van der Waals surface area contributed by atoms with Crippen molar-refractivity contribution in [2.24, 2.45) is 0 Å². The van der Waals surface area contributed by atoms with Gasteiger partial charge in [-0.05, 0) is 58.4 Å². The standard InChI is InChI=1S/C25H16BrN3O3/c26-18-12-17(14-27-15-18)25-29-21-13-19(6-9-23(21)32-25)28-24(30)11-8-20-7-10-22(31-20)16-4-2-1-3-5-16/h1-15H,(H,28,30)/b11-8+. The van der Waals surface area contributed by atoms with E-state index >= 15 is 0 Å². The van der Waals surface area contributed by atoms with E-state index in [0.717, 1.165) is 21.4 Å². The fourth-order valence-electron chi connectivity index (χ4n) is 3.20. The van der Waals surface area contributed by atoms with Crippen molar-refractivity contribution in [3.8, 4) is 22.8 Å². The van der Waals surface area contributed by atoms with Crippen LogP contribution in [0.3, 0.4) is 0 Å². The normalized spacial score (nSPS) is 11.3. The van der Waals surface area contributed by atoms with Crippen molar-refractivity contribution in [2.75, 3.05) is 5.32 Å². The molecule has 0 aliphatic heterocycles. The Hall–Kier alpha value is -3.97. The van der Waals surface area contributed by atoms with Gasteiger partial charge in [0.15, 0.2) is 5.58 Å². The number of rotatable bonds is 5. The molecule has 0 fully saturated rings. The zero-order chi connectivity index (χ0) is 21.9. The van der Waals surface area contributed by atoms with E-state index < -0.39 is 0 Å². The lowest BCUT2D eigenvalue weighted by molar-refractivity contribution is -0.111. The van der Waals surface area contributed by atoms with Crippen molar-refractivity contribution >= 4 is 44.7 Å². The maximum Gasteiger partial charge on any atom is 0.248 e. The Morgan fingerprint density at radius 1 is 0.938 bits per heavy atom. The molecule has 3 heterocycles. The van der Waals surface area contributed by atoms with E-state index in [1.54, 1.807) is 36.7 Å². The van der Waals surface area contributed by atoms with Gasteiger partial charge in [-0.3, -0.25) is 9.78 Å². The molecule has 0 aliphatic carbocycles. The quantitative estimate of drug-likeness (QED) is 0.285. The molecule has 0 radical (unpaired) electrons. The molecule has 2 aromatic carbocycles. The first-order chi connectivity index (χ1) is 15.6. The molecule has 3 aromatic heterocycles. The minimum absolute atomic E-state index is 0.276. The maximum atomic E-state index is 12.4. The predicted molar refractivity (Wildman–Crippen MR) is 127 cm³/mol. The summed E-state index contributed by atoms with van der Waals surface area (Å²) in [6.07, 6.45) is 6.44. The molecular weight excluding hydrogens is 470 g/mol. The number of halogens is 1. The van der Waals surface area contributed by atoms with Crippen molar-refractivity contribution < 1.29 is 13.6 Å². The zero-order valence-electron chi connectivity index (χ0n) is 16.7. The number of amides is 1. The molecule has 0 saturated heterocycles. The van der Waals surface area contributed by atoms with Crippen LogP contribution in [0, 0.1) is 0 Å². The Morgan fingerprint density at radius 2 is 1.81 bits per heavy atom. The molecule has 0 spiro atoms. The number of pyridine rings is 1. The molecule has 0 unspecified atom stereocenters. The van der Waals surface area contributed by atoms with Crippen LogP contribution < -0.4 is 5.32 Å². The molecule has 1 amide bonds. The summed E-state index contributed by atoms with van der Waals surface area (Å²) < 4.78 is 12.4. The summed E-state index contributed by atoms with van der Waals surface area (Å²) in [5.41, 5.74) is 3.62. The number of nitrogens with zero attached hydrogens (tertiary/aromatic N) is 2. The molecule has 156 valence electrons. The van der Waals surface area contributed by atoms with Gasteiger partial charge < -0.3 is 14.2 Å². The lowest BCUT2D eigenvalue weighted by Gasteiger charge is -2.00. The molecule has 0 aliphatic rings. The van der Waals surface area contributed by atoms with Crippen LogP contribution in [0.4, 0.5) is 5.69 Å². The number of aromatic nitrogens is 2. The number of hydrogen-bond donors (Lipinski definition) is 1. The first kappa shape index (κ1) is 20.0. The highest BCUT2D eigenvalue weighted by atomic mass is 79.9. The van der Waals surface area contributed by atoms with Gasteiger partial charge in [-0.1, -0.05) is 30.3 Å². The average Bonchev–Trinajstić information content (AvgIpc) is 3.45. The molecule has 7 heteroatoms. The minimum Gasteiger partial charge on any atom is -0.457 e. The number of hydrogen-bond acceptors (Lipinski definition) is 5. The van der Waals surface area contributed by atoms with E-state index in [9.17, 15) is 4.79 Å². The Bertz CT molecular complexity index is 1440. The molecule has 6 nitrogen and oxygen atoms in total. The molecular formula is C25H16BrN3O3. The van der Waals surface area contributed by atoms with E-state index in [4.69, 9.17) is 8.83 Å². The summed E-state index contributed by atoms with van der Waals surface area (Å²) in [7, 11) is 0. The largest absolute Gasteiger partial charge is 0.457 e. The lowest BCUT2D eigenvalue weighted by atomic mass is 10.2. The zero-order valence-corrected chi connectivity index (χ0v) is 18.2. The molecule has 1 N–H and O–H groups in total. The van der Waals surface area contributed by atoms with Crippen molar-refractivity contribution in [2.45, 2.75) is 0 Å². The molecule has 0 bridgehead atoms. The van der Waals surface area contributed by atoms with Crippen LogP contribution in [0.1, 0.15) is 5.76 Å². The SMILES string of the molecule is O=C(/C=C/c1ccc(-c2ccccc2)o1)Nc1ccc2oc(-c3cncc(Br)c3)nc2c1. The summed E-state index contributed by atoms with van der Waals surface area (Å²) in [6.45, 7) is 0. The van der Waals surface area contributed by atoms with Gasteiger partial charge in [0.05, 0.1) is 5.56 Å². The van der Waals surface area contributed by atoms with Crippen LogP contribution in [0.5, 0.6) is 0 Å². The number of oxazole rings is 1. The first-order valence-corrected chi connectivity index (χ1v) is 10.6. The average molecular weight is 486 g/mol. The summed E-state index contributed by atoms with van der Waals surface area (Å²) >= 11 is 3.39. The Morgan fingerprint density at radius 3 is 2.66 bits per heavy atom. The number of fused-ring (bicyclic) bond motifs is 1. The lowest BCUT2D eigenvalue weighted by Crippen LogP contribution is -2.07. The number of furan rings is 1. The van der Waals surface area contributed by atoms with E-state index in [0.29, 0.717) is 28.4 Å². The molecule has 0 saturated carbocycles. The van der Waals surface area contributed by atoms with Crippen molar-refractivity contribution in [3.63, 3.8) is 0 Å². The maximum absolute atomic E-state index is 12.4. The van der Waals surface area contributed by atoms with Crippen molar-refractivity contribution in [1.29, 1.82) is 0 Å². The van der Waals surface area contributed by atoms with Gasteiger partial charge in [-0.15, -0.1) is 0 Å². The van der Waals surface area contributed by atoms with Crippen LogP contribution >= 0.6 is 15.9 Å². The van der Waals surface area contributed by atoms with Crippen LogP contribution in [-0.2, 0) is 4.79 Å². The number of anilines is 1. The Kier molecular flexibility index (Phi) is 5.39. The molecule has 0 atom stereocenters. The Labute approximate surface area is 191 Å². The third-order valence-electron chi connectivity index (χ3n) is 4.69. The molecule has 5 aromatic rings. The smallest absolute Gasteiger partial charge is 0.248 e. The highest BCUT2D eigenvalue weighted by molar-refractivity contribution is 9.10. The fraction of sp³-hybridized carbons (Fsp3) is 0.